The van der Waals surface area contributed by atoms with Gasteiger partial charge in [-0.15, -0.1) is 0 Å². The van der Waals surface area contributed by atoms with E-state index in [1.54, 1.807) is 10.6 Å². The Balaban J connectivity index is 1.74. The highest BCUT2D eigenvalue weighted by atomic mass is 35.5. The van der Waals surface area contributed by atoms with E-state index >= 15 is 0 Å². The van der Waals surface area contributed by atoms with Gasteiger partial charge in [-0.3, -0.25) is 9.36 Å². The predicted octanol–water partition coefficient (Wildman–Crippen LogP) is 5.21. The van der Waals surface area contributed by atoms with E-state index < -0.39 is 6.04 Å². The highest BCUT2D eigenvalue weighted by Crippen LogP contribution is 2.28. The van der Waals surface area contributed by atoms with Gasteiger partial charge in [-0.05, 0) is 47.3 Å². The number of halogens is 1. The Morgan fingerprint density at radius 2 is 1.82 bits per heavy atom. The Morgan fingerprint density at radius 1 is 1.06 bits per heavy atom. The highest BCUT2D eigenvalue weighted by Gasteiger charge is 2.19. The third-order valence-electron chi connectivity index (χ3n) is 5.74. The van der Waals surface area contributed by atoms with Gasteiger partial charge in [0.05, 0.1) is 22.6 Å². The van der Waals surface area contributed by atoms with Crippen LogP contribution in [0.1, 0.15) is 24.2 Å². The molecule has 166 valence electrons. The second-order valence-electron chi connectivity index (χ2n) is 7.91. The molecule has 0 amide bonds. The average molecular weight is 467 g/mol. The number of anilines is 2. The fraction of sp³-hybridized carbons (Fsp3) is 0.0769. The lowest BCUT2D eigenvalue weighted by molar-refractivity contribution is 0.773. The van der Waals surface area contributed by atoms with Crippen LogP contribution in [0.25, 0.3) is 27.2 Å². The average Bonchev–Trinajstić information content (AvgIpc) is 2.83. The number of nitrogens with one attached hydrogen (secondary N) is 1. The highest BCUT2D eigenvalue weighted by molar-refractivity contribution is 6.35. The monoisotopic (exact) mass is 466 g/mol. The van der Waals surface area contributed by atoms with Crippen molar-refractivity contribution in [1.82, 2.24) is 14.5 Å². The molecule has 5 rings (SSSR count). The lowest BCUT2D eigenvalue weighted by atomic mass is 10.1. The molecule has 1 unspecified atom stereocenters. The topological polar surface area (TPSA) is 110 Å². The summed E-state index contributed by atoms with van der Waals surface area (Å²) in [5.41, 5.74) is 7.15. The quantitative estimate of drug-likeness (QED) is 0.376. The van der Waals surface area contributed by atoms with Crippen molar-refractivity contribution in [3.8, 4) is 11.8 Å². The zero-order valence-corrected chi connectivity index (χ0v) is 18.9. The summed E-state index contributed by atoms with van der Waals surface area (Å²) in [4.78, 5) is 21.9. The molecule has 2 heterocycles. The summed E-state index contributed by atoms with van der Waals surface area (Å²) in [6, 6.07) is 22.8. The van der Waals surface area contributed by atoms with E-state index in [2.05, 4.69) is 21.4 Å². The van der Waals surface area contributed by atoms with Crippen LogP contribution in [0.4, 0.5) is 11.8 Å². The molecule has 8 heteroatoms. The zero-order valence-electron chi connectivity index (χ0n) is 18.2. The smallest absolute Gasteiger partial charge is 0.264 e. The minimum absolute atomic E-state index is 0.0471. The molecule has 0 fully saturated rings. The third kappa shape index (κ3) is 3.70. The molecule has 2 aromatic heterocycles. The SMILES string of the molecule is CC(Nc1nc(N)ncc1C#N)c1cc2cccc(Cl)c2c(=O)n1-c1ccc2ccccc2c1. The number of nitriles is 1. The lowest BCUT2D eigenvalue weighted by Crippen LogP contribution is -2.26. The van der Waals surface area contributed by atoms with Gasteiger partial charge in [-0.25, -0.2) is 4.98 Å². The Labute approximate surface area is 200 Å². The minimum Gasteiger partial charge on any atom is -0.368 e. The normalized spacial score (nSPS) is 11.9. The van der Waals surface area contributed by atoms with Crippen molar-refractivity contribution in [2.24, 2.45) is 0 Å². The molecule has 0 radical (unpaired) electrons. The summed E-state index contributed by atoms with van der Waals surface area (Å²) in [7, 11) is 0. The maximum Gasteiger partial charge on any atom is 0.264 e. The number of rotatable bonds is 4. The van der Waals surface area contributed by atoms with E-state index in [1.807, 2.05) is 67.6 Å². The number of pyridine rings is 1. The standard InChI is InChI=1S/C26H19ClN6O/c1-15(31-24-19(13-28)14-30-26(29)32-24)22-12-18-7-4-8-21(27)23(18)25(34)33(22)20-10-9-16-5-2-3-6-17(16)11-20/h2-12,14-15H,1H3,(H3,29,30,31,32). The number of hydrogen-bond donors (Lipinski definition) is 2. The molecule has 34 heavy (non-hydrogen) atoms. The molecule has 7 nitrogen and oxygen atoms in total. The second-order valence-corrected chi connectivity index (χ2v) is 8.32. The second kappa shape index (κ2) is 8.50. The zero-order chi connectivity index (χ0) is 23.8. The summed E-state index contributed by atoms with van der Waals surface area (Å²) in [5.74, 6) is 0.345. The van der Waals surface area contributed by atoms with E-state index in [0.29, 0.717) is 27.6 Å². The minimum atomic E-state index is -0.413. The van der Waals surface area contributed by atoms with Gasteiger partial charge < -0.3 is 11.1 Å². The first-order valence-corrected chi connectivity index (χ1v) is 11.0. The Morgan fingerprint density at radius 3 is 2.62 bits per heavy atom. The molecular formula is C26H19ClN6O. The Bertz CT molecular complexity index is 1670. The molecule has 0 saturated carbocycles. The van der Waals surface area contributed by atoms with E-state index in [0.717, 1.165) is 16.2 Å². The van der Waals surface area contributed by atoms with Gasteiger partial charge in [0.1, 0.15) is 17.5 Å². The first-order valence-electron chi connectivity index (χ1n) is 10.6. The van der Waals surface area contributed by atoms with Crippen LogP contribution in [0.2, 0.25) is 5.02 Å². The van der Waals surface area contributed by atoms with Crippen molar-refractivity contribution in [3.05, 3.63) is 99.6 Å². The number of nitrogens with zero attached hydrogens (tertiary/aromatic N) is 4. The number of nitrogen functional groups attached to an aromatic ring is 1. The number of aromatic nitrogens is 3. The number of nitrogens with two attached hydrogens (primary N) is 1. The van der Waals surface area contributed by atoms with Crippen molar-refractivity contribution in [3.63, 3.8) is 0 Å². The molecular weight excluding hydrogens is 448 g/mol. The van der Waals surface area contributed by atoms with Crippen molar-refractivity contribution in [2.75, 3.05) is 11.1 Å². The number of fused-ring (bicyclic) bond motifs is 2. The number of hydrogen-bond acceptors (Lipinski definition) is 6. The lowest BCUT2D eigenvalue weighted by Gasteiger charge is -2.22. The number of benzene rings is 3. The van der Waals surface area contributed by atoms with Gasteiger partial charge in [0.2, 0.25) is 5.95 Å². The van der Waals surface area contributed by atoms with Gasteiger partial charge in [0, 0.05) is 11.4 Å². The molecule has 0 aliphatic carbocycles. The summed E-state index contributed by atoms with van der Waals surface area (Å²) in [6.07, 6.45) is 1.37. The summed E-state index contributed by atoms with van der Waals surface area (Å²) in [6.45, 7) is 1.89. The molecule has 5 aromatic rings. The molecule has 0 aliphatic heterocycles. The van der Waals surface area contributed by atoms with Crippen LogP contribution in [0.15, 0.2) is 77.7 Å². The van der Waals surface area contributed by atoms with Crippen molar-refractivity contribution in [1.29, 1.82) is 5.26 Å². The van der Waals surface area contributed by atoms with E-state index in [4.69, 9.17) is 17.3 Å². The van der Waals surface area contributed by atoms with E-state index in [9.17, 15) is 10.1 Å². The molecule has 3 N–H and O–H groups in total. The maximum atomic E-state index is 13.8. The van der Waals surface area contributed by atoms with Crippen LogP contribution in [0, 0.1) is 11.3 Å². The van der Waals surface area contributed by atoms with Crippen LogP contribution in [-0.2, 0) is 0 Å². The van der Waals surface area contributed by atoms with Crippen LogP contribution >= 0.6 is 11.6 Å². The van der Waals surface area contributed by atoms with Gasteiger partial charge >= 0.3 is 0 Å². The molecule has 1 atom stereocenters. The van der Waals surface area contributed by atoms with Crippen LogP contribution in [0.3, 0.4) is 0 Å². The maximum absolute atomic E-state index is 13.8. The summed E-state index contributed by atoms with van der Waals surface area (Å²) in [5, 5.41) is 16.3. The first-order chi connectivity index (χ1) is 16.5. The van der Waals surface area contributed by atoms with E-state index in [1.165, 1.54) is 6.20 Å². The first kappa shape index (κ1) is 21.4. The predicted molar refractivity (Wildman–Crippen MR) is 135 cm³/mol. The van der Waals surface area contributed by atoms with Gasteiger partial charge in [-0.1, -0.05) is 54.1 Å². The largest absolute Gasteiger partial charge is 0.368 e. The fourth-order valence-electron chi connectivity index (χ4n) is 4.11. The fourth-order valence-corrected chi connectivity index (χ4v) is 4.37. The molecule has 0 aliphatic rings. The van der Waals surface area contributed by atoms with Gasteiger partial charge in [0.15, 0.2) is 0 Å². The Kier molecular flexibility index (Phi) is 5.36. The molecule has 0 saturated heterocycles. The van der Waals surface area contributed by atoms with Gasteiger partial charge in [0.25, 0.3) is 5.56 Å². The molecule has 0 spiro atoms. The van der Waals surface area contributed by atoms with Crippen LogP contribution in [0.5, 0.6) is 0 Å². The van der Waals surface area contributed by atoms with Crippen LogP contribution in [-0.4, -0.2) is 14.5 Å². The van der Waals surface area contributed by atoms with Crippen molar-refractivity contribution >= 4 is 44.9 Å². The van der Waals surface area contributed by atoms with Gasteiger partial charge in [-0.2, -0.15) is 10.2 Å². The third-order valence-corrected chi connectivity index (χ3v) is 6.06. The van der Waals surface area contributed by atoms with Crippen molar-refractivity contribution in [2.45, 2.75) is 13.0 Å². The van der Waals surface area contributed by atoms with Crippen molar-refractivity contribution < 1.29 is 0 Å². The summed E-state index contributed by atoms with van der Waals surface area (Å²) < 4.78 is 1.65. The Hall–Kier alpha value is -4.41. The summed E-state index contributed by atoms with van der Waals surface area (Å²) >= 11 is 6.44. The van der Waals surface area contributed by atoms with Crippen LogP contribution < -0.4 is 16.6 Å². The molecule has 0 bridgehead atoms. The molecule has 3 aromatic carbocycles. The van der Waals surface area contributed by atoms with E-state index in [-0.39, 0.29) is 17.1 Å².